The van der Waals surface area contributed by atoms with Gasteiger partial charge in [-0.3, -0.25) is 9.58 Å². The molecule has 2 fully saturated rings. The topological polar surface area (TPSA) is 33.1 Å². The van der Waals surface area contributed by atoms with Crippen molar-refractivity contribution in [3.8, 4) is 0 Å². The van der Waals surface area contributed by atoms with Crippen molar-refractivity contribution in [1.82, 2.24) is 20.0 Å². The summed E-state index contributed by atoms with van der Waals surface area (Å²) in [4.78, 5) is 2.70. The number of aromatic nitrogens is 2. The minimum Gasteiger partial charge on any atom is -0.311 e. The normalized spacial score (nSPS) is 27.9. The Balaban J connectivity index is 1.75. The van der Waals surface area contributed by atoms with Crippen LogP contribution in [-0.2, 0) is 19.5 Å². The van der Waals surface area contributed by atoms with Crippen molar-refractivity contribution in [2.24, 2.45) is 5.92 Å². The van der Waals surface area contributed by atoms with E-state index < -0.39 is 0 Å². The zero-order valence-corrected chi connectivity index (χ0v) is 13.1. The van der Waals surface area contributed by atoms with E-state index in [1.165, 1.54) is 24.2 Å². The quantitative estimate of drug-likeness (QED) is 0.893. The molecule has 2 unspecified atom stereocenters. The molecule has 0 aromatic carbocycles. The van der Waals surface area contributed by atoms with Crippen LogP contribution in [0.2, 0.25) is 0 Å². The van der Waals surface area contributed by atoms with Crippen LogP contribution in [0.15, 0.2) is 6.07 Å². The second kappa shape index (κ2) is 5.86. The molecule has 1 aromatic rings. The molecule has 0 bridgehead atoms. The maximum Gasteiger partial charge on any atom is 0.0625 e. The fraction of sp³-hybridized carbons (Fsp3) is 0.812. The monoisotopic (exact) mass is 276 g/mol. The Kier molecular flexibility index (Phi) is 4.13. The van der Waals surface area contributed by atoms with E-state index in [2.05, 4.69) is 41.7 Å². The molecule has 0 spiro atoms. The Bertz CT molecular complexity index is 449. The van der Waals surface area contributed by atoms with E-state index in [1.54, 1.807) is 0 Å². The number of nitrogens with one attached hydrogen (secondary N) is 1. The summed E-state index contributed by atoms with van der Waals surface area (Å²) in [6.07, 6.45) is 3.87. The SMILES string of the molecule is CCc1cc(CN2CC(C)NCC2C2CC2)n(CC)n1. The predicted octanol–water partition coefficient (Wildman–Crippen LogP) is 2.04. The van der Waals surface area contributed by atoms with Crippen molar-refractivity contribution >= 4 is 0 Å². The van der Waals surface area contributed by atoms with Gasteiger partial charge in [-0.15, -0.1) is 0 Å². The van der Waals surface area contributed by atoms with E-state index in [4.69, 9.17) is 5.10 Å². The van der Waals surface area contributed by atoms with Crippen molar-refractivity contribution in [3.05, 3.63) is 17.5 Å². The van der Waals surface area contributed by atoms with Gasteiger partial charge in [0.15, 0.2) is 0 Å². The van der Waals surface area contributed by atoms with Crippen molar-refractivity contribution in [1.29, 1.82) is 0 Å². The molecule has 1 aliphatic carbocycles. The van der Waals surface area contributed by atoms with E-state index in [-0.39, 0.29) is 0 Å². The van der Waals surface area contributed by atoms with Crippen LogP contribution in [-0.4, -0.2) is 39.9 Å². The highest BCUT2D eigenvalue weighted by molar-refractivity contribution is 5.11. The summed E-state index contributed by atoms with van der Waals surface area (Å²) in [7, 11) is 0. The zero-order chi connectivity index (χ0) is 14.1. The fourth-order valence-electron chi connectivity index (χ4n) is 3.43. The lowest BCUT2D eigenvalue weighted by Crippen LogP contribution is -2.56. The predicted molar refractivity (Wildman–Crippen MR) is 81.7 cm³/mol. The van der Waals surface area contributed by atoms with Gasteiger partial charge in [0, 0.05) is 38.3 Å². The molecule has 1 saturated heterocycles. The van der Waals surface area contributed by atoms with E-state index in [9.17, 15) is 0 Å². The summed E-state index contributed by atoms with van der Waals surface area (Å²) in [6.45, 7) is 11.0. The van der Waals surface area contributed by atoms with Crippen LogP contribution in [0.1, 0.15) is 45.0 Å². The first kappa shape index (κ1) is 14.1. The van der Waals surface area contributed by atoms with Crippen LogP contribution >= 0.6 is 0 Å². The second-order valence-corrected chi connectivity index (χ2v) is 6.44. The molecule has 0 radical (unpaired) electrons. The lowest BCUT2D eigenvalue weighted by atomic mass is 10.1. The minimum atomic E-state index is 0.605. The summed E-state index contributed by atoms with van der Waals surface area (Å²) in [6, 6.07) is 3.64. The Morgan fingerprint density at radius 2 is 2.15 bits per heavy atom. The Morgan fingerprint density at radius 3 is 2.80 bits per heavy atom. The van der Waals surface area contributed by atoms with Gasteiger partial charge in [-0.1, -0.05) is 6.92 Å². The van der Waals surface area contributed by atoms with Gasteiger partial charge >= 0.3 is 0 Å². The first-order valence-electron chi connectivity index (χ1n) is 8.24. The lowest BCUT2D eigenvalue weighted by Gasteiger charge is -2.39. The smallest absolute Gasteiger partial charge is 0.0625 e. The number of nitrogens with zero attached hydrogens (tertiary/aromatic N) is 3. The summed E-state index contributed by atoms with van der Waals surface area (Å²) >= 11 is 0. The van der Waals surface area contributed by atoms with Gasteiger partial charge in [-0.25, -0.2) is 0 Å². The van der Waals surface area contributed by atoms with Crippen LogP contribution in [0, 0.1) is 5.92 Å². The first-order valence-corrected chi connectivity index (χ1v) is 8.24. The average molecular weight is 276 g/mol. The van der Waals surface area contributed by atoms with Crippen LogP contribution < -0.4 is 5.32 Å². The molecular weight excluding hydrogens is 248 g/mol. The van der Waals surface area contributed by atoms with Crippen LogP contribution in [0.3, 0.4) is 0 Å². The molecule has 1 aliphatic heterocycles. The van der Waals surface area contributed by atoms with Crippen molar-refractivity contribution in [3.63, 3.8) is 0 Å². The number of hydrogen-bond acceptors (Lipinski definition) is 3. The third-order valence-electron chi connectivity index (χ3n) is 4.76. The van der Waals surface area contributed by atoms with Crippen molar-refractivity contribution in [2.75, 3.05) is 13.1 Å². The number of hydrogen-bond donors (Lipinski definition) is 1. The first-order chi connectivity index (χ1) is 9.71. The molecule has 3 rings (SSSR count). The summed E-state index contributed by atoms with van der Waals surface area (Å²) in [5.74, 6) is 0.929. The Morgan fingerprint density at radius 1 is 1.35 bits per heavy atom. The average Bonchev–Trinajstić information content (AvgIpc) is 3.20. The van der Waals surface area contributed by atoms with E-state index in [1.807, 2.05) is 0 Å². The minimum absolute atomic E-state index is 0.605. The molecule has 20 heavy (non-hydrogen) atoms. The van der Waals surface area contributed by atoms with Crippen LogP contribution in [0.4, 0.5) is 0 Å². The molecule has 2 atom stereocenters. The highest BCUT2D eigenvalue weighted by Crippen LogP contribution is 2.36. The molecular formula is C16H28N4. The molecule has 2 heterocycles. The van der Waals surface area contributed by atoms with Gasteiger partial charge in [0.25, 0.3) is 0 Å². The van der Waals surface area contributed by atoms with Gasteiger partial charge < -0.3 is 5.32 Å². The van der Waals surface area contributed by atoms with Gasteiger partial charge in [0.2, 0.25) is 0 Å². The highest BCUT2D eigenvalue weighted by Gasteiger charge is 2.38. The third-order valence-corrected chi connectivity index (χ3v) is 4.76. The van der Waals surface area contributed by atoms with E-state index in [0.29, 0.717) is 6.04 Å². The van der Waals surface area contributed by atoms with Crippen molar-refractivity contribution in [2.45, 2.75) is 65.2 Å². The maximum absolute atomic E-state index is 4.69. The molecule has 4 heteroatoms. The molecule has 4 nitrogen and oxygen atoms in total. The molecule has 0 amide bonds. The molecule has 1 N–H and O–H groups in total. The van der Waals surface area contributed by atoms with E-state index >= 15 is 0 Å². The van der Waals surface area contributed by atoms with Gasteiger partial charge in [-0.05, 0) is 45.1 Å². The standard InChI is InChI=1S/C16H28N4/c1-4-14-8-15(20(5-2)18-14)11-19-10-12(3)17-9-16(19)13-6-7-13/h8,12-13,16-17H,4-7,9-11H2,1-3H3. The molecule has 1 saturated carbocycles. The number of aryl methyl sites for hydroxylation is 2. The summed E-state index contributed by atoms with van der Waals surface area (Å²) < 4.78 is 2.19. The van der Waals surface area contributed by atoms with Crippen LogP contribution in [0.25, 0.3) is 0 Å². The number of rotatable bonds is 5. The maximum atomic E-state index is 4.69. The van der Waals surface area contributed by atoms with Gasteiger partial charge in [0.05, 0.1) is 11.4 Å². The van der Waals surface area contributed by atoms with Gasteiger partial charge in [-0.2, -0.15) is 5.10 Å². The number of piperazine rings is 1. The summed E-state index contributed by atoms with van der Waals surface area (Å²) in [5, 5.41) is 8.34. The highest BCUT2D eigenvalue weighted by atomic mass is 15.3. The lowest BCUT2D eigenvalue weighted by molar-refractivity contribution is 0.109. The molecule has 2 aliphatic rings. The zero-order valence-electron chi connectivity index (χ0n) is 13.1. The third kappa shape index (κ3) is 2.91. The van der Waals surface area contributed by atoms with Gasteiger partial charge in [0.1, 0.15) is 0 Å². The molecule has 1 aromatic heterocycles. The largest absolute Gasteiger partial charge is 0.311 e. The Labute approximate surface area is 122 Å². The summed E-state index contributed by atoms with van der Waals surface area (Å²) in [5.41, 5.74) is 2.62. The van der Waals surface area contributed by atoms with Crippen molar-refractivity contribution < 1.29 is 0 Å². The molecule has 112 valence electrons. The van der Waals surface area contributed by atoms with Crippen LogP contribution in [0.5, 0.6) is 0 Å². The second-order valence-electron chi connectivity index (χ2n) is 6.44. The Hall–Kier alpha value is -0.870. The van der Waals surface area contributed by atoms with E-state index in [0.717, 1.165) is 44.6 Å². The fourth-order valence-corrected chi connectivity index (χ4v) is 3.43.